The van der Waals surface area contributed by atoms with Crippen molar-refractivity contribution < 1.29 is 14.7 Å². The third-order valence-corrected chi connectivity index (χ3v) is 5.33. The average molecular weight is 347 g/mol. The van der Waals surface area contributed by atoms with E-state index in [1.807, 2.05) is 20.0 Å². The minimum Gasteiger partial charge on any atom is -0.393 e. The fraction of sp³-hybridized carbons (Fsp3) is 0.684. The molecule has 0 spiro atoms. The second-order valence-electron chi connectivity index (χ2n) is 7.59. The average Bonchev–Trinajstić information content (AvgIpc) is 3.33. The van der Waals surface area contributed by atoms with Crippen molar-refractivity contribution in [1.29, 1.82) is 0 Å². The smallest absolute Gasteiger partial charge is 0.236 e. The summed E-state index contributed by atoms with van der Waals surface area (Å²) in [5.74, 6) is 0.106. The number of amides is 1. The Morgan fingerprint density at radius 2 is 1.80 bits per heavy atom. The Morgan fingerprint density at radius 3 is 2.40 bits per heavy atom. The zero-order valence-electron chi connectivity index (χ0n) is 15.5. The molecule has 6 heteroatoms. The zero-order valence-corrected chi connectivity index (χ0v) is 15.5. The molecule has 1 saturated carbocycles. The number of piperidine rings is 1. The standard InChI is InChI=1S/C19H29N3O3/c1-13-10-17(14(2)22(13)15-4-5-15)18(24)11-20(3)12-19(25)21-8-6-16(23)7-9-21/h10,15-16,23H,4-9,11-12H2,1-3H3. The predicted octanol–water partition coefficient (Wildman–Crippen LogP) is 1.54. The van der Waals surface area contributed by atoms with Crippen LogP contribution in [0.3, 0.4) is 0 Å². The number of aromatic nitrogens is 1. The third-order valence-electron chi connectivity index (χ3n) is 5.33. The fourth-order valence-corrected chi connectivity index (χ4v) is 3.79. The Kier molecular flexibility index (Phi) is 5.29. The molecule has 0 radical (unpaired) electrons. The number of carbonyl (C=O) groups excluding carboxylic acids is 2. The summed E-state index contributed by atoms with van der Waals surface area (Å²) in [6.45, 7) is 5.76. The lowest BCUT2D eigenvalue weighted by Crippen LogP contribution is -2.45. The molecule has 3 rings (SSSR count). The molecule has 0 aromatic carbocycles. The van der Waals surface area contributed by atoms with E-state index < -0.39 is 0 Å². The van der Waals surface area contributed by atoms with Crippen LogP contribution in [0.4, 0.5) is 0 Å². The van der Waals surface area contributed by atoms with Crippen LogP contribution in [0.1, 0.15) is 53.5 Å². The van der Waals surface area contributed by atoms with Gasteiger partial charge in [-0.15, -0.1) is 0 Å². The van der Waals surface area contributed by atoms with Crippen LogP contribution in [0.5, 0.6) is 0 Å². The van der Waals surface area contributed by atoms with Crippen LogP contribution in [0, 0.1) is 13.8 Å². The SMILES string of the molecule is Cc1cc(C(=O)CN(C)CC(=O)N2CCC(O)CC2)c(C)n1C1CC1. The van der Waals surface area contributed by atoms with Crippen molar-refractivity contribution in [2.75, 3.05) is 33.2 Å². The summed E-state index contributed by atoms with van der Waals surface area (Å²) in [7, 11) is 1.81. The Labute approximate surface area is 149 Å². The molecule has 1 aliphatic heterocycles. The number of likely N-dealkylation sites (N-methyl/N-ethyl adjacent to an activating group) is 1. The van der Waals surface area contributed by atoms with Crippen molar-refractivity contribution in [3.63, 3.8) is 0 Å². The van der Waals surface area contributed by atoms with Crippen LogP contribution >= 0.6 is 0 Å². The molecular weight excluding hydrogens is 318 g/mol. The third kappa shape index (κ3) is 4.12. The summed E-state index contributed by atoms with van der Waals surface area (Å²) in [6, 6.07) is 2.55. The number of carbonyl (C=O) groups is 2. The number of hydrogen-bond donors (Lipinski definition) is 1. The van der Waals surface area contributed by atoms with E-state index in [1.54, 1.807) is 9.80 Å². The van der Waals surface area contributed by atoms with E-state index in [1.165, 1.54) is 12.8 Å². The first-order valence-electron chi connectivity index (χ1n) is 9.23. The van der Waals surface area contributed by atoms with E-state index in [2.05, 4.69) is 11.5 Å². The Balaban J connectivity index is 1.56. The summed E-state index contributed by atoms with van der Waals surface area (Å²) in [5.41, 5.74) is 2.98. The lowest BCUT2D eigenvalue weighted by Gasteiger charge is -2.30. The summed E-state index contributed by atoms with van der Waals surface area (Å²) in [6.07, 6.45) is 3.39. The maximum absolute atomic E-state index is 12.7. The molecule has 2 aliphatic rings. The highest BCUT2D eigenvalue weighted by Crippen LogP contribution is 2.38. The molecule has 1 aromatic rings. The highest BCUT2D eigenvalue weighted by molar-refractivity contribution is 5.99. The summed E-state index contributed by atoms with van der Waals surface area (Å²) >= 11 is 0. The van der Waals surface area contributed by atoms with E-state index in [-0.39, 0.29) is 30.9 Å². The van der Waals surface area contributed by atoms with E-state index in [9.17, 15) is 14.7 Å². The monoisotopic (exact) mass is 347 g/mol. The second-order valence-corrected chi connectivity index (χ2v) is 7.59. The van der Waals surface area contributed by atoms with Crippen LogP contribution in [0.15, 0.2) is 6.07 Å². The summed E-state index contributed by atoms with van der Waals surface area (Å²) in [4.78, 5) is 28.6. The van der Waals surface area contributed by atoms with Gasteiger partial charge >= 0.3 is 0 Å². The molecule has 1 saturated heterocycles. The fourth-order valence-electron chi connectivity index (χ4n) is 3.79. The van der Waals surface area contributed by atoms with Crippen LogP contribution in [0.25, 0.3) is 0 Å². The van der Waals surface area contributed by atoms with E-state index in [4.69, 9.17) is 0 Å². The molecule has 6 nitrogen and oxygen atoms in total. The molecule has 1 aromatic heterocycles. The van der Waals surface area contributed by atoms with Crippen molar-refractivity contribution in [2.24, 2.45) is 0 Å². The minimum absolute atomic E-state index is 0.0330. The van der Waals surface area contributed by atoms with E-state index >= 15 is 0 Å². The second kappa shape index (κ2) is 7.30. The van der Waals surface area contributed by atoms with Crippen molar-refractivity contribution in [3.8, 4) is 0 Å². The zero-order chi connectivity index (χ0) is 18.1. The van der Waals surface area contributed by atoms with E-state index in [0.29, 0.717) is 32.0 Å². The van der Waals surface area contributed by atoms with Crippen LogP contribution in [0.2, 0.25) is 0 Å². The topological polar surface area (TPSA) is 65.8 Å². The van der Waals surface area contributed by atoms with Gasteiger partial charge in [-0.1, -0.05) is 0 Å². The number of rotatable bonds is 6. The Hall–Kier alpha value is -1.66. The first-order chi connectivity index (χ1) is 11.9. The van der Waals surface area contributed by atoms with Gasteiger partial charge in [-0.05, 0) is 52.6 Å². The minimum atomic E-state index is -0.287. The normalized spacial score (nSPS) is 18.8. The molecule has 1 N–H and O–H groups in total. The number of likely N-dealkylation sites (tertiary alicyclic amines) is 1. The van der Waals surface area contributed by atoms with Crippen molar-refractivity contribution >= 4 is 11.7 Å². The molecule has 138 valence electrons. The highest BCUT2D eigenvalue weighted by Gasteiger charge is 2.29. The quantitative estimate of drug-likeness (QED) is 0.793. The van der Waals surface area contributed by atoms with E-state index in [0.717, 1.165) is 17.0 Å². The van der Waals surface area contributed by atoms with Crippen LogP contribution < -0.4 is 0 Å². The summed E-state index contributed by atoms with van der Waals surface area (Å²) < 4.78 is 2.28. The predicted molar refractivity (Wildman–Crippen MR) is 95.8 cm³/mol. The number of hydrogen-bond acceptors (Lipinski definition) is 4. The number of aryl methyl sites for hydroxylation is 1. The Morgan fingerprint density at radius 1 is 1.16 bits per heavy atom. The summed E-state index contributed by atoms with van der Waals surface area (Å²) in [5, 5.41) is 9.53. The van der Waals surface area contributed by atoms with Gasteiger partial charge in [0.25, 0.3) is 0 Å². The number of nitrogens with zero attached hydrogens (tertiary/aromatic N) is 3. The van der Waals surface area contributed by atoms with Gasteiger partial charge in [0, 0.05) is 36.1 Å². The van der Waals surface area contributed by atoms with Crippen molar-refractivity contribution in [2.45, 2.75) is 51.7 Å². The molecule has 0 unspecified atom stereocenters. The first-order valence-corrected chi connectivity index (χ1v) is 9.23. The molecular formula is C19H29N3O3. The molecule has 1 amide bonds. The molecule has 1 aliphatic carbocycles. The molecule has 2 fully saturated rings. The van der Waals surface area contributed by atoms with Gasteiger partial charge in [-0.25, -0.2) is 0 Å². The lowest BCUT2D eigenvalue weighted by atomic mass is 10.1. The van der Waals surface area contributed by atoms with Crippen LogP contribution in [-0.4, -0.2) is 70.5 Å². The lowest BCUT2D eigenvalue weighted by molar-refractivity contribution is -0.133. The molecule has 0 atom stereocenters. The largest absolute Gasteiger partial charge is 0.393 e. The number of aliphatic hydroxyl groups is 1. The van der Waals surface area contributed by atoms with Gasteiger partial charge < -0.3 is 14.6 Å². The molecule has 0 bridgehead atoms. The van der Waals surface area contributed by atoms with Gasteiger partial charge in [0.05, 0.1) is 19.2 Å². The Bertz CT molecular complexity index is 655. The molecule has 25 heavy (non-hydrogen) atoms. The van der Waals surface area contributed by atoms with Gasteiger partial charge in [0.15, 0.2) is 5.78 Å². The van der Waals surface area contributed by atoms with Gasteiger partial charge in [-0.2, -0.15) is 0 Å². The molecule has 2 heterocycles. The van der Waals surface area contributed by atoms with Crippen LogP contribution in [-0.2, 0) is 4.79 Å². The number of aliphatic hydroxyl groups excluding tert-OH is 1. The van der Waals surface area contributed by atoms with Gasteiger partial charge in [-0.3, -0.25) is 14.5 Å². The van der Waals surface area contributed by atoms with Gasteiger partial charge in [0.2, 0.25) is 5.91 Å². The van der Waals surface area contributed by atoms with Gasteiger partial charge in [0.1, 0.15) is 0 Å². The van der Waals surface area contributed by atoms with Crippen molar-refractivity contribution in [3.05, 3.63) is 23.0 Å². The number of Topliss-reactive ketones (excluding diaryl/α,β-unsaturated/α-hetero) is 1. The van der Waals surface area contributed by atoms with Crippen molar-refractivity contribution in [1.82, 2.24) is 14.4 Å². The highest BCUT2D eigenvalue weighted by atomic mass is 16.3. The number of ketones is 1. The maximum atomic E-state index is 12.7. The first kappa shape index (κ1) is 18.1. The maximum Gasteiger partial charge on any atom is 0.236 e.